The second-order valence-corrected chi connectivity index (χ2v) is 5.08. The highest BCUT2D eigenvalue weighted by atomic mass is 16.4. The molecule has 1 fully saturated rings. The number of aliphatic hydroxyl groups is 1. The van der Waals surface area contributed by atoms with Crippen LogP contribution in [-0.4, -0.2) is 18.2 Å². The predicted molar refractivity (Wildman–Crippen MR) is 58.4 cm³/mol. The van der Waals surface area contributed by atoms with Crippen LogP contribution in [0.25, 0.3) is 0 Å². The molecule has 15 heavy (non-hydrogen) atoms. The maximum absolute atomic E-state index is 9.72. The molecule has 0 amide bonds. The van der Waals surface area contributed by atoms with Gasteiger partial charge in [0.2, 0.25) is 0 Å². The van der Waals surface area contributed by atoms with Crippen LogP contribution in [0.2, 0.25) is 0 Å². The van der Waals surface area contributed by atoms with Gasteiger partial charge in [0.25, 0.3) is 0 Å². The molecule has 1 saturated carbocycles. The molecule has 0 aliphatic heterocycles. The van der Waals surface area contributed by atoms with Gasteiger partial charge in [-0.1, -0.05) is 13.8 Å². The van der Waals surface area contributed by atoms with Gasteiger partial charge in [0.05, 0.1) is 6.26 Å². The van der Waals surface area contributed by atoms with Crippen LogP contribution in [-0.2, 0) is 0 Å². The fourth-order valence-corrected chi connectivity index (χ4v) is 1.90. The van der Waals surface area contributed by atoms with Gasteiger partial charge >= 0.3 is 0 Å². The number of hydrogen-bond donors (Lipinski definition) is 2. The molecule has 1 aliphatic carbocycles. The van der Waals surface area contributed by atoms with Crippen LogP contribution in [0.3, 0.4) is 0 Å². The molecule has 0 radical (unpaired) electrons. The lowest BCUT2D eigenvalue weighted by molar-refractivity contribution is 0.147. The largest absolute Gasteiger partial charge is 0.467 e. The van der Waals surface area contributed by atoms with Gasteiger partial charge < -0.3 is 14.8 Å². The molecule has 1 aromatic rings. The van der Waals surface area contributed by atoms with Crippen molar-refractivity contribution >= 4 is 0 Å². The average Bonchev–Trinajstić information content (AvgIpc) is 2.68. The Hall–Kier alpha value is -0.800. The highest BCUT2D eigenvalue weighted by Crippen LogP contribution is 2.50. The summed E-state index contributed by atoms with van der Waals surface area (Å²) in [7, 11) is 0. The smallest absolute Gasteiger partial charge is 0.133 e. The fourth-order valence-electron chi connectivity index (χ4n) is 1.90. The zero-order valence-corrected chi connectivity index (χ0v) is 9.36. The van der Waals surface area contributed by atoms with Crippen LogP contribution < -0.4 is 5.32 Å². The lowest BCUT2D eigenvalue weighted by Crippen LogP contribution is -2.24. The minimum atomic E-state index is -0.526. The van der Waals surface area contributed by atoms with Crippen LogP contribution in [0.4, 0.5) is 0 Å². The van der Waals surface area contributed by atoms with Crippen molar-refractivity contribution in [2.24, 2.45) is 11.3 Å². The first kappa shape index (κ1) is 10.7. The SMILES string of the molecule is CC1(C)CC1CNCC(O)c1ccco1. The first-order chi connectivity index (χ1) is 7.09. The van der Waals surface area contributed by atoms with Crippen LogP contribution in [0.15, 0.2) is 22.8 Å². The topological polar surface area (TPSA) is 45.4 Å². The quantitative estimate of drug-likeness (QED) is 0.779. The molecule has 3 heteroatoms. The molecule has 2 unspecified atom stereocenters. The van der Waals surface area contributed by atoms with E-state index in [0.29, 0.717) is 17.7 Å². The Balaban J connectivity index is 1.66. The summed E-state index contributed by atoms with van der Waals surface area (Å²) in [5.41, 5.74) is 0.503. The molecule has 84 valence electrons. The summed E-state index contributed by atoms with van der Waals surface area (Å²) in [4.78, 5) is 0. The molecule has 0 spiro atoms. The molecule has 0 saturated heterocycles. The van der Waals surface area contributed by atoms with Gasteiger partial charge in [0, 0.05) is 6.54 Å². The molecular weight excluding hydrogens is 190 g/mol. The standard InChI is InChI=1S/C12H19NO2/c1-12(2)6-9(12)7-13-8-10(14)11-4-3-5-15-11/h3-5,9-10,13-14H,6-8H2,1-2H3. The zero-order chi connectivity index (χ0) is 10.9. The summed E-state index contributed by atoms with van der Waals surface area (Å²) in [6, 6.07) is 3.59. The highest BCUT2D eigenvalue weighted by molar-refractivity contribution is 5.02. The third-order valence-electron chi connectivity index (χ3n) is 3.32. The van der Waals surface area contributed by atoms with E-state index in [1.165, 1.54) is 6.42 Å². The van der Waals surface area contributed by atoms with E-state index in [4.69, 9.17) is 4.42 Å². The van der Waals surface area contributed by atoms with Crippen molar-refractivity contribution in [3.05, 3.63) is 24.2 Å². The Labute approximate surface area is 90.5 Å². The number of hydrogen-bond acceptors (Lipinski definition) is 3. The van der Waals surface area contributed by atoms with Gasteiger partial charge in [-0.05, 0) is 36.4 Å². The van der Waals surface area contributed by atoms with Gasteiger partial charge in [0.15, 0.2) is 0 Å². The Morgan fingerprint density at radius 3 is 2.93 bits per heavy atom. The van der Waals surface area contributed by atoms with E-state index in [0.717, 1.165) is 12.5 Å². The third kappa shape index (κ3) is 2.61. The van der Waals surface area contributed by atoms with E-state index in [1.54, 1.807) is 18.4 Å². The maximum atomic E-state index is 9.72. The number of rotatable bonds is 5. The molecule has 2 rings (SSSR count). The zero-order valence-electron chi connectivity index (χ0n) is 9.36. The van der Waals surface area contributed by atoms with Crippen molar-refractivity contribution in [2.75, 3.05) is 13.1 Å². The van der Waals surface area contributed by atoms with Crippen molar-refractivity contribution in [2.45, 2.75) is 26.4 Å². The van der Waals surface area contributed by atoms with Crippen molar-refractivity contribution in [3.8, 4) is 0 Å². The van der Waals surface area contributed by atoms with E-state index in [2.05, 4.69) is 19.2 Å². The van der Waals surface area contributed by atoms with Crippen LogP contribution in [0, 0.1) is 11.3 Å². The highest BCUT2D eigenvalue weighted by Gasteiger charge is 2.44. The summed E-state index contributed by atoms with van der Waals surface area (Å²) < 4.78 is 5.12. The number of aliphatic hydroxyl groups excluding tert-OH is 1. The predicted octanol–water partition coefficient (Wildman–Crippen LogP) is 1.95. The van der Waals surface area contributed by atoms with Crippen molar-refractivity contribution < 1.29 is 9.52 Å². The fraction of sp³-hybridized carbons (Fsp3) is 0.667. The van der Waals surface area contributed by atoms with Crippen LogP contribution in [0.5, 0.6) is 0 Å². The first-order valence-electron chi connectivity index (χ1n) is 5.52. The molecule has 2 N–H and O–H groups in total. The summed E-state index contributed by atoms with van der Waals surface area (Å²) in [5, 5.41) is 13.0. The Bertz CT molecular complexity index is 305. The van der Waals surface area contributed by atoms with Gasteiger partial charge in [-0.25, -0.2) is 0 Å². The average molecular weight is 209 g/mol. The Kier molecular flexibility index (Phi) is 2.85. The molecule has 3 nitrogen and oxygen atoms in total. The minimum absolute atomic E-state index is 0.503. The molecular formula is C12H19NO2. The summed E-state index contributed by atoms with van der Waals surface area (Å²) >= 11 is 0. The number of nitrogens with one attached hydrogen (secondary N) is 1. The van der Waals surface area contributed by atoms with E-state index in [1.807, 2.05) is 0 Å². The normalized spacial score (nSPS) is 25.1. The van der Waals surface area contributed by atoms with Crippen molar-refractivity contribution in [1.82, 2.24) is 5.32 Å². The first-order valence-corrected chi connectivity index (χ1v) is 5.52. The molecule has 1 aliphatic rings. The van der Waals surface area contributed by atoms with E-state index in [9.17, 15) is 5.11 Å². The Morgan fingerprint density at radius 1 is 1.67 bits per heavy atom. The van der Waals surface area contributed by atoms with Crippen molar-refractivity contribution in [1.29, 1.82) is 0 Å². The second-order valence-electron chi connectivity index (χ2n) is 5.08. The van der Waals surface area contributed by atoms with Crippen LogP contribution in [0.1, 0.15) is 32.1 Å². The lowest BCUT2D eigenvalue weighted by Gasteiger charge is -2.10. The van der Waals surface area contributed by atoms with E-state index in [-0.39, 0.29) is 0 Å². The molecule has 0 aromatic carbocycles. The van der Waals surface area contributed by atoms with Crippen molar-refractivity contribution in [3.63, 3.8) is 0 Å². The van der Waals surface area contributed by atoms with Gasteiger partial charge in [-0.15, -0.1) is 0 Å². The molecule has 1 aromatic heterocycles. The summed E-state index contributed by atoms with van der Waals surface area (Å²) in [6.45, 7) is 6.12. The van der Waals surface area contributed by atoms with Gasteiger partial charge in [0.1, 0.15) is 11.9 Å². The minimum Gasteiger partial charge on any atom is -0.467 e. The summed E-state index contributed by atoms with van der Waals surface area (Å²) in [6.07, 6.45) is 2.35. The third-order valence-corrected chi connectivity index (χ3v) is 3.32. The molecule has 1 heterocycles. The molecule has 0 bridgehead atoms. The van der Waals surface area contributed by atoms with E-state index >= 15 is 0 Å². The van der Waals surface area contributed by atoms with Gasteiger partial charge in [-0.2, -0.15) is 0 Å². The van der Waals surface area contributed by atoms with Gasteiger partial charge in [-0.3, -0.25) is 0 Å². The summed E-state index contributed by atoms with van der Waals surface area (Å²) in [5.74, 6) is 1.40. The maximum Gasteiger partial charge on any atom is 0.133 e. The second kappa shape index (κ2) is 3.99. The van der Waals surface area contributed by atoms with Crippen LogP contribution >= 0.6 is 0 Å². The lowest BCUT2D eigenvalue weighted by atomic mass is 10.1. The van der Waals surface area contributed by atoms with E-state index < -0.39 is 6.10 Å². The monoisotopic (exact) mass is 209 g/mol. The Morgan fingerprint density at radius 2 is 2.40 bits per heavy atom. The number of furan rings is 1. The molecule has 2 atom stereocenters.